The van der Waals surface area contributed by atoms with Gasteiger partial charge >= 0.3 is 6.03 Å². The summed E-state index contributed by atoms with van der Waals surface area (Å²) in [5.41, 5.74) is 1.96. The summed E-state index contributed by atoms with van der Waals surface area (Å²) >= 11 is 1.66. The molecule has 2 amide bonds. The molecule has 1 aromatic carbocycles. The highest BCUT2D eigenvalue weighted by atomic mass is 32.1. The van der Waals surface area contributed by atoms with Crippen molar-refractivity contribution in [2.45, 2.75) is 45.2 Å². The Kier molecular flexibility index (Phi) is 4.88. The maximum Gasteiger partial charge on any atom is 0.318 e. The Morgan fingerprint density at radius 3 is 3.08 bits per heavy atom. The molecule has 1 fully saturated rings. The maximum atomic E-state index is 12.8. The molecule has 136 valence electrons. The van der Waals surface area contributed by atoms with Gasteiger partial charge in [0.1, 0.15) is 10.8 Å². The zero-order valence-corrected chi connectivity index (χ0v) is 15.7. The number of likely N-dealkylation sites (tertiary alicyclic amines) is 1. The molecule has 0 spiro atoms. The highest BCUT2D eigenvalue weighted by Crippen LogP contribution is 2.30. The van der Waals surface area contributed by atoms with E-state index in [1.54, 1.807) is 11.3 Å². The van der Waals surface area contributed by atoms with Gasteiger partial charge in [0.25, 0.3) is 0 Å². The van der Waals surface area contributed by atoms with Crippen LogP contribution in [0.2, 0.25) is 0 Å². The molecule has 0 bridgehead atoms. The van der Waals surface area contributed by atoms with E-state index in [1.165, 1.54) is 4.88 Å². The molecule has 4 rings (SSSR count). The van der Waals surface area contributed by atoms with Gasteiger partial charge in [-0.2, -0.15) is 0 Å². The molecule has 1 atom stereocenters. The Morgan fingerprint density at radius 2 is 2.27 bits per heavy atom. The van der Waals surface area contributed by atoms with Gasteiger partial charge in [-0.3, -0.25) is 0 Å². The molecule has 0 radical (unpaired) electrons. The van der Waals surface area contributed by atoms with Crippen molar-refractivity contribution in [1.82, 2.24) is 25.2 Å². The molecule has 0 saturated carbocycles. The summed E-state index contributed by atoms with van der Waals surface area (Å²) in [7, 11) is 0. The highest BCUT2D eigenvalue weighted by molar-refractivity contribution is 7.11. The summed E-state index contributed by atoms with van der Waals surface area (Å²) in [5, 5.41) is 3.98. The number of aromatic amines is 1. The number of imidazole rings is 1. The molecule has 26 heavy (non-hydrogen) atoms. The molecule has 1 aliphatic heterocycles. The number of hydrogen-bond acceptors (Lipinski definition) is 4. The van der Waals surface area contributed by atoms with Crippen LogP contribution in [0.25, 0.3) is 11.0 Å². The van der Waals surface area contributed by atoms with Crippen molar-refractivity contribution in [2.24, 2.45) is 0 Å². The number of fused-ring (bicyclic) bond motifs is 1. The number of benzene rings is 1. The van der Waals surface area contributed by atoms with Crippen molar-refractivity contribution < 1.29 is 4.79 Å². The average molecular weight is 369 g/mol. The molecule has 1 aliphatic rings. The van der Waals surface area contributed by atoms with E-state index in [1.807, 2.05) is 35.4 Å². The minimum Gasteiger partial charge on any atom is -0.340 e. The van der Waals surface area contributed by atoms with Crippen LogP contribution in [0.1, 0.15) is 47.9 Å². The van der Waals surface area contributed by atoms with Crippen LogP contribution in [0.15, 0.2) is 30.5 Å². The molecule has 2 N–H and O–H groups in total. The van der Waals surface area contributed by atoms with E-state index in [0.29, 0.717) is 6.54 Å². The number of thiazole rings is 1. The summed E-state index contributed by atoms with van der Waals surface area (Å²) in [6.45, 7) is 3.35. The first-order valence-electron chi connectivity index (χ1n) is 9.17. The molecule has 1 saturated heterocycles. The zero-order valence-electron chi connectivity index (χ0n) is 14.9. The quantitative estimate of drug-likeness (QED) is 0.729. The minimum atomic E-state index is -0.0385. The minimum absolute atomic E-state index is 0.00125. The number of aromatic nitrogens is 3. The number of carbonyl (C=O) groups is 1. The molecular weight excluding hydrogens is 346 g/mol. The van der Waals surface area contributed by atoms with Crippen LogP contribution in [0.4, 0.5) is 4.79 Å². The summed E-state index contributed by atoms with van der Waals surface area (Å²) in [6.07, 6.45) is 5.94. The third kappa shape index (κ3) is 3.44. The SMILES string of the molecule is CCc1cnc(CNC(=O)N2CCCCC2c2nc3ccccc3[nH]2)s1. The number of amides is 2. The largest absolute Gasteiger partial charge is 0.340 e. The van der Waals surface area contributed by atoms with Crippen molar-refractivity contribution in [1.29, 1.82) is 0 Å². The van der Waals surface area contributed by atoms with Gasteiger partial charge in [-0.15, -0.1) is 11.3 Å². The topological polar surface area (TPSA) is 73.9 Å². The van der Waals surface area contributed by atoms with Crippen molar-refractivity contribution in [3.05, 3.63) is 46.2 Å². The standard InChI is InChI=1S/C19H23N5OS/c1-2-13-11-20-17(26-13)12-21-19(25)24-10-6-5-9-16(24)18-22-14-7-3-4-8-15(14)23-18/h3-4,7-8,11,16H,2,5-6,9-10,12H2,1H3,(H,21,25)(H,22,23). The number of hydrogen-bond donors (Lipinski definition) is 2. The Morgan fingerprint density at radius 1 is 1.38 bits per heavy atom. The van der Waals surface area contributed by atoms with Crippen LogP contribution >= 0.6 is 11.3 Å². The summed E-state index contributed by atoms with van der Waals surface area (Å²) in [6, 6.07) is 7.95. The second kappa shape index (κ2) is 7.45. The summed E-state index contributed by atoms with van der Waals surface area (Å²) < 4.78 is 0. The first-order chi connectivity index (χ1) is 12.7. The Bertz CT molecular complexity index is 869. The fraction of sp³-hybridized carbons (Fsp3) is 0.421. The Balaban J connectivity index is 1.48. The number of nitrogens with zero attached hydrogens (tertiary/aromatic N) is 3. The van der Waals surface area contributed by atoms with Crippen LogP contribution in [-0.4, -0.2) is 32.4 Å². The number of H-pyrrole nitrogens is 1. The first-order valence-corrected chi connectivity index (χ1v) is 9.99. The van der Waals surface area contributed by atoms with Crippen molar-refractivity contribution >= 4 is 28.4 Å². The number of carbonyl (C=O) groups excluding carboxylic acids is 1. The van der Waals surface area contributed by atoms with Crippen molar-refractivity contribution in [3.8, 4) is 0 Å². The van der Waals surface area contributed by atoms with E-state index in [9.17, 15) is 4.79 Å². The number of nitrogens with one attached hydrogen (secondary N) is 2. The van der Waals surface area contributed by atoms with Gasteiger partial charge in [0.05, 0.1) is 23.6 Å². The van der Waals surface area contributed by atoms with E-state index in [4.69, 9.17) is 4.98 Å². The van der Waals surface area contributed by atoms with E-state index >= 15 is 0 Å². The summed E-state index contributed by atoms with van der Waals surface area (Å²) in [4.78, 5) is 28.4. The summed E-state index contributed by atoms with van der Waals surface area (Å²) in [5.74, 6) is 0.878. The molecular formula is C19H23N5OS. The highest BCUT2D eigenvalue weighted by Gasteiger charge is 2.30. The number of aryl methyl sites for hydroxylation is 1. The monoisotopic (exact) mass is 369 g/mol. The lowest BCUT2D eigenvalue weighted by molar-refractivity contribution is 0.147. The van der Waals surface area contributed by atoms with Crippen LogP contribution in [0.5, 0.6) is 0 Å². The molecule has 3 heterocycles. The van der Waals surface area contributed by atoms with Gasteiger partial charge in [-0.25, -0.2) is 14.8 Å². The van der Waals surface area contributed by atoms with Gasteiger partial charge in [0.15, 0.2) is 0 Å². The van der Waals surface area contributed by atoms with E-state index in [2.05, 4.69) is 22.2 Å². The van der Waals surface area contributed by atoms with Crippen LogP contribution in [0, 0.1) is 0 Å². The van der Waals surface area contributed by atoms with Crippen LogP contribution in [0.3, 0.4) is 0 Å². The lowest BCUT2D eigenvalue weighted by atomic mass is 10.0. The van der Waals surface area contributed by atoms with Crippen molar-refractivity contribution in [2.75, 3.05) is 6.54 Å². The number of urea groups is 1. The normalized spacial score (nSPS) is 17.6. The lowest BCUT2D eigenvalue weighted by Gasteiger charge is -2.34. The Hall–Kier alpha value is -2.41. The molecule has 0 aliphatic carbocycles. The van der Waals surface area contributed by atoms with E-state index in [-0.39, 0.29) is 12.1 Å². The molecule has 7 heteroatoms. The Labute approximate surface area is 156 Å². The second-order valence-corrected chi connectivity index (χ2v) is 7.78. The molecule has 1 unspecified atom stereocenters. The van der Waals surface area contributed by atoms with E-state index in [0.717, 1.165) is 54.1 Å². The average Bonchev–Trinajstić information content (AvgIpc) is 3.32. The van der Waals surface area contributed by atoms with Crippen LogP contribution in [-0.2, 0) is 13.0 Å². The van der Waals surface area contributed by atoms with Crippen LogP contribution < -0.4 is 5.32 Å². The van der Waals surface area contributed by atoms with Crippen molar-refractivity contribution in [3.63, 3.8) is 0 Å². The van der Waals surface area contributed by atoms with Gasteiger partial charge < -0.3 is 15.2 Å². The molecule has 2 aromatic heterocycles. The predicted molar refractivity (Wildman–Crippen MR) is 103 cm³/mol. The van der Waals surface area contributed by atoms with Gasteiger partial charge in [-0.05, 0) is 37.8 Å². The first kappa shape index (κ1) is 17.0. The number of piperidine rings is 1. The maximum absolute atomic E-state index is 12.8. The van der Waals surface area contributed by atoms with E-state index < -0.39 is 0 Å². The smallest absolute Gasteiger partial charge is 0.318 e. The van der Waals surface area contributed by atoms with Gasteiger partial charge in [0, 0.05) is 17.6 Å². The third-order valence-electron chi connectivity index (χ3n) is 4.83. The second-order valence-electron chi connectivity index (χ2n) is 6.58. The fourth-order valence-corrected chi connectivity index (χ4v) is 4.24. The number of para-hydroxylation sites is 2. The fourth-order valence-electron chi connectivity index (χ4n) is 3.44. The zero-order chi connectivity index (χ0) is 17.9. The number of rotatable bonds is 4. The third-order valence-corrected chi connectivity index (χ3v) is 5.97. The predicted octanol–water partition coefficient (Wildman–Crippen LogP) is 4.02. The molecule has 6 nitrogen and oxygen atoms in total. The molecule has 3 aromatic rings. The van der Waals surface area contributed by atoms with Gasteiger partial charge in [-0.1, -0.05) is 19.1 Å². The lowest BCUT2D eigenvalue weighted by Crippen LogP contribution is -2.44. The van der Waals surface area contributed by atoms with Gasteiger partial charge in [0.2, 0.25) is 0 Å².